The molecule has 1 aromatic heterocycles. The van der Waals surface area contributed by atoms with Gasteiger partial charge in [0, 0.05) is 17.1 Å². The summed E-state index contributed by atoms with van der Waals surface area (Å²) >= 11 is 0. The van der Waals surface area contributed by atoms with Crippen molar-refractivity contribution in [3.05, 3.63) is 71.7 Å². The minimum atomic E-state index is -0.567. The Balaban J connectivity index is 1.96. The zero-order valence-corrected chi connectivity index (χ0v) is 12.9. The molecular formula is C19H18O4. The lowest BCUT2D eigenvalue weighted by Crippen LogP contribution is -2.25. The fourth-order valence-electron chi connectivity index (χ4n) is 3.05. The number of rotatable bonds is 5. The van der Waals surface area contributed by atoms with Crippen LogP contribution in [0.5, 0.6) is 0 Å². The van der Waals surface area contributed by atoms with Crippen LogP contribution in [0, 0.1) is 5.92 Å². The summed E-state index contributed by atoms with van der Waals surface area (Å²) in [5.74, 6) is -0.519. The number of allylic oxidation sites excluding steroid dienone is 1. The molecule has 0 unspecified atom stereocenters. The molecule has 0 aliphatic heterocycles. The Morgan fingerprint density at radius 1 is 1.17 bits per heavy atom. The van der Waals surface area contributed by atoms with Crippen molar-refractivity contribution in [1.82, 2.24) is 0 Å². The van der Waals surface area contributed by atoms with Gasteiger partial charge in [-0.25, -0.2) is 4.79 Å². The van der Waals surface area contributed by atoms with E-state index in [0.717, 1.165) is 5.76 Å². The molecule has 0 spiro atoms. The van der Waals surface area contributed by atoms with E-state index in [1.165, 1.54) is 0 Å². The predicted octanol–water partition coefficient (Wildman–Crippen LogP) is 3.76. The Hall–Kier alpha value is -2.62. The number of hydrogen-bond acceptors (Lipinski definition) is 4. The number of esters is 1. The van der Waals surface area contributed by atoms with E-state index < -0.39 is 11.9 Å². The standard InChI is InChI=1S/C19H18O4/c1-2-22-19(21)15-11-10-14(16-9-6-12-23-16)17(15)18(20)13-7-4-3-5-8-13/h3-9,11-12,14,17H,2,10H2,1H3/t14-,17-/m1/s1. The highest BCUT2D eigenvalue weighted by Gasteiger charge is 2.41. The van der Waals surface area contributed by atoms with Crippen LogP contribution in [0.1, 0.15) is 35.4 Å². The normalized spacial score (nSPS) is 20.1. The Labute approximate surface area is 134 Å². The van der Waals surface area contributed by atoms with Gasteiger partial charge in [0.15, 0.2) is 5.78 Å². The highest BCUT2D eigenvalue weighted by atomic mass is 16.5. The van der Waals surface area contributed by atoms with Crippen molar-refractivity contribution in [1.29, 1.82) is 0 Å². The average Bonchev–Trinajstić information content (AvgIpc) is 3.24. The molecule has 0 N–H and O–H groups in total. The first-order valence-electron chi connectivity index (χ1n) is 7.72. The van der Waals surface area contributed by atoms with Crippen molar-refractivity contribution in [2.75, 3.05) is 6.61 Å². The van der Waals surface area contributed by atoms with Crippen molar-refractivity contribution < 1.29 is 18.7 Å². The molecule has 23 heavy (non-hydrogen) atoms. The summed E-state index contributed by atoms with van der Waals surface area (Å²) in [5, 5.41) is 0. The van der Waals surface area contributed by atoms with E-state index in [-0.39, 0.29) is 18.3 Å². The van der Waals surface area contributed by atoms with Crippen LogP contribution in [-0.4, -0.2) is 18.4 Å². The van der Waals surface area contributed by atoms with Gasteiger partial charge in [0.2, 0.25) is 0 Å². The maximum absolute atomic E-state index is 13.0. The van der Waals surface area contributed by atoms with Crippen LogP contribution >= 0.6 is 0 Å². The summed E-state index contributed by atoms with van der Waals surface area (Å²) in [4.78, 5) is 25.2. The fourth-order valence-corrected chi connectivity index (χ4v) is 3.05. The molecule has 118 valence electrons. The Morgan fingerprint density at radius 2 is 1.96 bits per heavy atom. The Morgan fingerprint density at radius 3 is 2.61 bits per heavy atom. The lowest BCUT2D eigenvalue weighted by Gasteiger charge is -2.19. The van der Waals surface area contributed by atoms with Crippen molar-refractivity contribution in [3.63, 3.8) is 0 Å². The third-order valence-electron chi connectivity index (χ3n) is 4.09. The van der Waals surface area contributed by atoms with Crippen LogP contribution in [0.15, 0.2) is 64.8 Å². The second kappa shape index (κ2) is 6.65. The van der Waals surface area contributed by atoms with Crippen LogP contribution in [0.4, 0.5) is 0 Å². The van der Waals surface area contributed by atoms with Crippen molar-refractivity contribution in [2.24, 2.45) is 5.92 Å². The largest absolute Gasteiger partial charge is 0.469 e. The second-order valence-corrected chi connectivity index (χ2v) is 5.45. The van der Waals surface area contributed by atoms with Gasteiger partial charge >= 0.3 is 5.97 Å². The van der Waals surface area contributed by atoms with E-state index in [9.17, 15) is 9.59 Å². The van der Waals surface area contributed by atoms with E-state index >= 15 is 0 Å². The smallest absolute Gasteiger partial charge is 0.334 e. The number of ether oxygens (including phenoxy) is 1. The molecule has 1 aromatic carbocycles. The van der Waals surface area contributed by atoms with Crippen LogP contribution < -0.4 is 0 Å². The van der Waals surface area contributed by atoms with Crippen LogP contribution in [0.3, 0.4) is 0 Å². The molecule has 0 saturated heterocycles. The molecule has 2 aromatic rings. The molecule has 3 rings (SSSR count). The van der Waals surface area contributed by atoms with Crippen LogP contribution in [-0.2, 0) is 9.53 Å². The molecule has 1 aliphatic carbocycles. The minimum absolute atomic E-state index is 0.0798. The molecule has 4 heteroatoms. The van der Waals surface area contributed by atoms with Gasteiger partial charge in [-0.05, 0) is 25.5 Å². The number of furan rings is 1. The van der Waals surface area contributed by atoms with E-state index in [1.807, 2.05) is 24.3 Å². The van der Waals surface area contributed by atoms with Gasteiger partial charge in [-0.3, -0.25) is 4.79 Å². The predicted molar refractivity (Wildman–Crippen MR) is 85.0 cm³/mol. The molecule has 1 heterocycles. The second-order valence-electron chi connectivity index (χ2n) is 5.45. The van der Waals surface area contributed by atoms with Crippen LogP contribution in [0.25, 0.3) is 0 Å². The first-order chi connectivity index (χ1) is 11.2. The molecule has 0 bridgehead atoms. The molecule has 0 amide bonds. The summed E-state index contributed by atoms with van der Waals surface area (Å²) in [5.41, 5.74) is 1.02. The first kappa shape index (κ1) is 15.3. The highest BCUT2D eigenvalue weighted by Crippen LogP contribution is 2.42. The Bertz CT molecular complexity index is 713. The minimum Gasteiger partial charge on any atom is -0.469 e. The summed E-state index contributed by atoms with van der Waals surface area (Å²) in [6.45, 7) is 2.04. The van der Waals surface area contributed by atoms with E-state index in [0.29, 0.717) is 17.6 Å². The molecule has 0 fully saturated rings. The van der Waals surface area contributed by atoms with E-state index in [4.69, 9.17) is 9.15 Å². The van der Waals surface area contributed by atoms with Gasteiger partial charge in [-0.1, -0.05) is 36.4 Å². The molecule has 2 atom stereocenters. The number of ketones is 1. The molecule has 1 aliphatic rings. The summed E-state index contributed by atoms with van der Waals surface area (Å²) in [6.07, 6.45) is 3.98. The lowest BCUT2D eigenvalue weighted by molar-refractivity contribution is -0.139. The number of carbonyl (C=O) groups is 2. The number of benzene rings is 1. The molecular weight excluding hydrogens is 292 g/mol. The SMILES string of the molecule is CCOC(=O)C1=CC[C@H](c2ccco2)[C@H]1C(=O)c1ccccc1. The summed E-state index contributed by atoms with van der Waals surface area (Å²) in [6, 6.07) is 12.7. The van der Waals surface area contributed by atoms with Gasteiger partial charge < -0.3 is 9.15 Å². The lowest BCUT2D eigenvalue weighted by atomic mass is 9.83. The van der Waals surface area contributed by atoms with Gasteiger partial charge in [-0.15, -0.1) is 0 Å². The zero-order valence-electron chi connectivity index (χ0n) is 12.9. The van der Waals surface area contributed by atoms with Crippen molar-refractivity contribution in [3.8, 4) is 0 Å². The van der Waals surface area contributed by atoms with Gasteiger partial charge in [0.1, 0.15) is 5.76 Å². The molecule has 0 radical (unpaired) electrons. The van der Waals surface area contributed by atoms with E-state index in [1.54, 1.807) is 37.5 Å². The van der Waals surface area contributed by atoms with Gasteiger partial charge in [-0.2, -0.15) is 0 Å². The summed E-state index contributed by atoms with van der Waals surface area (Å²) in [7, 11) is 0. The number of hydrogen-bond donors (Lipinski definition) is 0. The van der Waals surface area contributed by atoms with E-state index in [2.05, 4.69) is 0 Å². The molecule has 4 nitrogen and oxygen atoms in total. The zero-order chi connectivity index (χ0) is 16.2. The van der Waals surface area contributed by atoms with Gasteiger partial charge in [0.25, 0.3) is 0 Å². The monoisotopic (exact) mass is 310 g/mol. The Kier molecular flexibility index (Phi) is 4.42. The highest BCUT2D eigenvalue weighted by molar-refractivity contribution is 6.06. The first-order valence-corrected chi connectivity index (χ1v) is 7.72. The third kappa shape index (κ3) is 2.97. The third-order valence-corrected chi connectivity index (χ3v) is 4.09. The summed E-state index contributed by atoms with van der Waals surface area (Å²) < 4.78 is 10.6. The fraction of sp³-hybridized carbons (Fsp3) is 0.263. The van der Waals surface area contributed by atoms with Crippen LogP contribution in [0.2, 0.25) is 0 Å². The topological polar surface area (TPSA) is 56.5 Å². The number of carbonyl (C=O) groups excluding carboxylic acids is 2. The quantitative estimate of drug-likeness (QED) is 0.623. The molecule has 0 saturated carbocycles. The van der Waals surface area contributed by atoms with Crippen molar-refractivity contribution in [2.45, 2.75) is 19.3 Å². The van der Waals surface area contributed by atoms with Crippen molar-refractivity contribution >= 4 is 11.8 Å². The average molecular weight is 310 g/mol. The maximum atomic E-state index is 13.0. The maximum Gasteiger partial charge on any atom is 0.334 e. The van der Waals surface area contributed by atoms with Gasteiger partial charge in [0.05, 0.1) is 18.8 Å². The number of Topliss-reactive ketones (excluding diaryl/α,β-unsaturated/α-hetero) is 1.